The highest BCUT2D eigenvalue weighted by Crippen LogP contribution is 2.29. The molecule has 2 aromatic rings. The van der Waals surface area contributed by atoms with E-state index in [9.17, 15) is 4.79 Å². The number of amides is 1. The number of likely N-dealkylation sites (tertiary alicyclic amines) is 1. The van der Waals surface area contributed by atoms with E-state index < -0.39 is 0 Å². The van der Waals surface area contributed by atoms with Gasteiger partial charge in [-0.25, -0.2) is 4.98 Å². The van der Waals surface area contributed by atoms with Gasteiger partial charge in [0.2, 0.25) is 0 Å². The molecule has 0 aliphatic carbocycles. The Labute approximate surface area is 172 Å². The third-order valence-electron chi connectivity index (χ3n) is 4.60. The summed E-state index contributed by atoms with van der Waals surface area (Å²) in [6.07, 6.45) is 2.17. The van der Waals surface area contributed by atoms with E-state index in [1.807, 2.05) is 42.2 Å². The van der Waals surface area contributed by atoms with E-state index in [0.29, 0.717) is 5.92 Å². The lowest BCUT2D eigenvalue weighted by Crippen LogP contribution is -2.40. The Morgan fingerprint density at radius 2 is 1.88 bits per heavy atom. The van der Waals surface area contributed by atoms with Crippen LogP contribution in [0.5, 0.6) is 0 Å². The second-order valence-corrected chi connectivity index (χ2v) is 7.34. The Balaban J connectivity index is 0.00000169. The van der Waals surface area contributed by atoms with Crippen molar-refractivity contribution in [3.63, 3.8) is 0 Å². The summed E-state index contributed by atoms with van der Waals surface area (Å²) in [4.78, 5) is 20.3. The second kappa shape index (κ2) is 10.9. The van der Waals surface area contributed by atoms with Crippen LogP contribution in [0.15, 0.2) is 30.3 Å². The first-order valence-electron chi connectivity index (χ1n) is 8.72. The van der Waals surface area contributed by atoms with Crippen molar-refractivity contribution in [2.45, 2.75) is 26.7 Å². The Morgan fingerprint density at radius 1 is 1.23 bits per heavy atom. The first-order chi connectivity index (χ1) is 11.7. The summed E-state index contributed by atoms with van der Waals surface area (Å²) in [5.41, 5.74) is 1.92. The number of halogens is 2. The third kappa shape index (κ3) is 5.43. The summed E-state index contributed by atoms with van der Waals surface area (Å²) in [7, 11) is 0. The number of piperidine rings is 1. The summed E-state index contributed by atoms with van der Waals surface area (Å²) in [6.45, 7) is 7.86. The van der Waals surface area contributed by atoms with Crippen LogP contribution >= 0.6 is 36.2 Å². The Kier molecular flexibility index (Phi) is 9.58. The van der Waals surface area contributed by atoms with Crippen LogP contribution in [0.25, 0.3) is 10.6 Å². The predicted octanol–water partition coefficient (Wildman–Crippen LogP) is 4.42. The van der Waals surface area contributed by atoms with Gasteiger partial charge in [-0.05, 0) is 38.8 Å². The van der Waals surface area contributed by atoms with E-state index in [2.05, 4.69) is 17.2 Å². The highest BCUT2D eigenvalue weighted by molar-refractivity contribution is 7.17. The van der Waals surface area contributed by atoms with Crippen molar-refractivity contribution in [2.75, 3.05) is 26.2 Å². The van der Waals surface area contributed by atoms with Crippen LogP contribution in [0.2, 0.25) is 0 Å². The van der Waals surface area contributed by atoms with E-state index in [1.165, 1.54) is 11.3 Å². The van der Waals surface area contributed by atoms with Gasteiger partial charge in [-0.3, -0.25) is 4.79 Å². The van der Waals surface area contributed by atoms with Gasteiger partial charge in [0.15, 0.2) is 0 Å². The number of aryl methyl sites for hydroxylation is 1. The summed E-state index contributed by atoms with van der Waals surface area (Å²) in [5, 5.41) is 4.34. The van der Waals surface area contributed by atoms with Crippen LogP contribution < -0.4 is 5.32 Å². The number of nitrogens with zero attached hydrogens (tertiary/aromatic N) is 2. The van der Waals surface area contributed by atoms with Gasteiger partial charge >= 0.3 is 0 Å². The fraction of sp³-hybridized carbons (Fsp3) is 0.474. The van der Waals surface area contributed by atoms with Crippen LogP contribution in [-0.4, -0.2) is 42.0 Å². The molecular weight excluding hydrogens is 389 g/mol. The highest BCUT2D eigenvalue weighted by Gasteiger charge is 2.26. The third-order valence-corrected chi connectivity index (χ3v) is 5.79. The van der Waals surface area contributed by atoms with Gasteiger partial charge in [-0.1, -0.05) is 37.3 Å². The van der Waals surface area contributed by atoms with Gasteiger partial charge in [0.05, 0.1) is 5.69 Å². The zero-order chi connectivity index (χ0) is 16.9. The van der Waals surface area contributed by atoms with Crippen molar-refractivity contribution >= 4 is 42.1 Å². The molecule has 3 rings (SSSR count). The standard InChI is InChI=1S/C19H25N3OS.2ClH/c1-3-20-13-15-9-11-22(12-10-15)19(23)17-14(2)21-18(24-17)16-7-5-4-6-8-16;;/h4-8,15,20H,3,9-13H2,1-2H3;2*1H. The normalized spacial score (nSPS) is 14.5. The summed E-state index contributed by atoms with van der Waals surface area (Å²) >= 11 is 1.51. The number of hydrogen-bond donors (Lipinski definition) is 1. The first kappa shape index (κ1) is 22.9. The monoisotopic (exact) mass is 415 g/mol. The number of carbonyl (C=O) groups excluding carboxylic acids is 1. The van der Waals surface area contributed by atoms with Crippen molar-refractivity contribution in [3.8, 4) is 10.6 Å². The van der Waals surface area contributed by atoms with E-state index >= 15 is 0 Å². The largest absolute Gasteiger partial charge is 0.338 e. The molecule has 1 N–H and O–H groups in total. The maximum Gasteiger partial charge on any atom is 0.265 e. The van der Waals surface area contributed by atoms with Crippen molar-refractivity contribution in [1.82, 2.24) is 15.2 Å². The average molecular weight is 416 g/mol. The summed E-state index contributed by atoms with van der Waals surface area (Å²) in [5.74, 6) is 0.838. The lowest BCUT2D eigenvalue weighted by molar-refractivity contribution is 0.0694. The summed E-state index contributed by atoms with van der Waals surface area (Å²) in [6, 6.07) is 10.1. The van der Waals surface area contributed by atoms with E-state index in [1.54, 1.807) is 0 Å². The lowest BCUT2D eigenvalue weighted by Gasteiger charge is -2.31. The predicted molar refractivity (Wildman–Crippen MR) is 114 cm³/mol. The molecule has 26 heavy (non-hydrogen) atoms. The zero-order valence-electron chi connectivity index (χ0n) is 15.2. The van der Waals surface area contributed by atoms with Gasteiger partial charge in [0.1, 0.15) is 9.88 Å². The molecule has 1 aromatic carbocycles. The molecule has 0 radical (unpaired) electrons. The Bertz CT molecular complexity index is 685. The van der Waals surface area contributed by atoms with Gasteiger partial charge in [0, 0.05) is 18.7 Å². The first-order valence-corrected chi connectivity index (χ1v) is 9.53. The molecule has 1 amide bonds. The van der Waals surface area contributed by atoms with Crippen LogP contribution in [0.1, 0.15) is 35.1 Å². The number of rotatable bonds is 5. The molecule has 4 nitrogen and oxygen atoms in total. The molecule has 0 spiro atoms. The second-order valence-electron chi connectivity index (χ2n) is 6.34. The zero-order valence-corrected chi connectivity index (χ0v) is 17.7. The van der Waals surface area contributed by atoms with Crippen molar-refractivity contribution in [1.29, 1.82) is 0 Å². The van der Waals surface area contributed by atoms with Crippen LogP contribution in [0, 0.1) is 12.8 Å². The van der Waals surface area contributed by atoms with Crippen LogP contribution in [-0.2, 0) is 0 Å². The number of hydrogen-bond acceptors (Lipinski definition) is 4. The minimum atomic E-state index is 0. The molecule has 144 valence electrons. The van der Waals surface area contributed by atoms with Crippen molar-refractivity contribution < 1.29 is 4.79 Å². The number of benzene rings is 1. The van der Waals surface area contributed by atoms with Gasteiger partial charge < -0.3 is 10.2 Å². The van der Waals surface area contributed by atoms with Crippen molar-refractivity contribution in [2.24, 2.45) is 5.92 Å². The number of nitrogens with one attached hydrogen (secondary N) is 1. The Hall–Kier alpha value is -1.14. The Morgan fingerprint density at radius 3 is 2.50 bits per heavy atom. The quantitative estimate of drug-likeness (QED) is 0.785. The molecule has 0 bridgehead atoms. The molecule has 0 unspecified atom stereocenters. The number of carbonyl (C=O) groups is 1. The number of thiazole rings is 1. The minimum Gasteiger partial charge on any atom is -0.338 e. The van der Waals surface area contributed by atoms with Gasteiger partial charge in [0.25, 0.3) is 5.91 Å². The average Bonchev–Trinajstić information content (AvgIpc) is 3.02. The molecule has 1 aliphatic heterocycles. The van der Waals surface area contributed by atoms with E-state index in [-0.39, 0.29) is 30.7 Å². The molecule has 0 atom stereocenters. The molecule has 0 saturated carbocycles. The topological polar surface area (TPSA) is 45.2 Å². The fourth-order valence-electron chi connectivity index (χ4n) is 3.13. The number of aromatic nitrogens is 1. The SMILES string of the molecule is CCNCC1CCN(C(=O)c2sc(-c3ccccc3)nc2C)CC1.Cl.Cl. The van der Waals surface area contributed by atoms with E-state index in [0.717, 1.165) is 60.2 Å². The molecule has 1 saturated heterocycles. The van der Waals surface area contributed by atoms with Gasteiger partial charge in [-0.15, -0.1) is 36.2 Å². The maximum atomic E-state index is 12.9. The molecular formula is C19H27Cl2N3OS. The van der Waals surface area contributed by atoms with Crippen LogP contribution in [0.3, 0.4) is 0 Å². The van der Waals surface area contributed by atoms with Gasteiger partial charge in [-0.2, -0.15) is 0 Å². The molecule has 2 heterocycles. The van der Waals surface area contributed by atoms with Crippen LogP contribution in [0.4, 0.5) is 0 Å². The minimum absolute atomic E-state index is 0. The smallest absolute Gasteiger partial charge is 0.265 e. The molecule has 1 fully saturated rings. The van der Waals surface area contributed by atoms with Crippen molar-refractivity contribution in [3.05, 3.63) is 40.9 Å². The summed E-state index contributed by atoms with van der Waals surface area (Å²) < 4.78 is 0. The molecule has 7 heteroatoms. The molecule has 1 aliphatic rings. The lowest BCUT2D eigenvalue weighted by atomic mass is 9.96. The molecule has 1 aromatic heterocycles. The van der Waals surface area contributed by atoms with E-state index in [4.69, 9.17) is 0 Å². The highest BCUT2D eigenvalue weighted by atomic mass is 35.5. The fourth-order valence-corrected chi connectivity index (χ4v) is 4.17. The maximum absolute atomic E-state index is 12.9.